The van der Waals surface area contributed by atoms with Gasteiger partial charge >= 0.3 is 8.80 Å². The fourth-order valence-corrected chi connectivity index (χ4v) is 2.83. The maximum Gasteiger partial charge on any atom is 0.560 e. The minimum Gasteiger partial charge on any atom is -1.00 e. The summed E-state index contributed by atoms with van der Waals surface area (Å²) in [5, 5.41) is 0. The van der Waals surface area contributed by atoms with Crippen LogP contribution in [0.4, 0.5) is 0 Å². The Bertz CT molecular complexity index is 130. The van der Waals surface area contributed by atoms with E-state index in [1.165, 1.54) is 0 Å². The molecule has 0 saturated heterocycles. The van der Waals surface area contributed by atoms with Gasteiger partial charge in [-0.05, 0) is 0 Å². The van der Waals surface area contributed by atoms with E-state index >= 15 is 0 Å². The molecule has 0 unspecified atom stereocenters. The largest absolute Gasteiger partial charge is 1.00 e. The van der Waals surface area contributed by atoms with Crippen LogP contribution in [-0.4, -0.2) is 55.0 Å². The molecule has 0 radical (unpaired) electrons. The number of hydrogen-bond acceptors (Lipinski definition) is 4. The minimum absolute atomic E-state index is 0. The average molecular weight is 231 g/mol. The van der Waals surface area contributed by atoms with Gasteiger partial charge in [-0.2, -0.15) is 5.84 Å². The molecule has 0 aromatic rings. The molecule has 0 spiro atoms. The summed E-state index contributed by atoms with van der Waals surface area (Å²) in [6, 6.07) is 0. The van der Waals surface area contributed by atoms with E-state index in [0.29, 0.717) is 6.17 Å². The molecule has 13 heavy (non-hydrogen) atoms. The van der Waals surface area contributed by atoms with E-state index < -0.39 is 8.80 Å². The van der Waals surface area contributed by atoms with Gasteiger partial charge < -0.3 is 25.7 Å². The summed E-state index contributed by atoms with van der Waals surface area (Å²) in [4.78, 5) is 0. The van der Waals surface area contributed by atoms with Crippen molar-refractivity contribution in [2.24, 2.45) is 5.84 Å². The Labute approximate surface area is 87.1 Å². The molecule has 0 fully saturated rings. The summed E-state index contributed by atoms with van der Waals surface area (Å²) in [6.07, 6.45) is 0.552. The summed E-state index contributed by atoms with van der Waals surface area (Å²) < 4.78 is 15.9. The van der Waals surface area contributed by atoms with E-state index in [-0.39, 0.29) is 17.0 Å². The molecular formula is C6H19ClN2O3Si. The Balaban J connectivity index is 0. The Hall–Kier alpha value is 0.307. The number of rotatable bonds is 5. The van der Waals surface area contributed by atoms with E-state index in [1.54, 1.807) is 21.3 Å². The van der Waals surface area contributed by atoms with Crippen LogP contribution < -0.4 is 18.2 Å². The minimum atomic E-state index is -2.51. The molecule has 0 aliphatic heterocycles. The highest BCUT2D eigenvalue weighted by Gasteiger charge is 2.44. The van der Waals surface area contributed by atoms with Crippen molar-refractivity contribution < 1.29 is 30.3 Å². The van der Waals surface area contributed by atoms with Crippen LogP contribution in [0.2, 0.25) is 0 Å². The number of quaternary nitrogens is 1. The second-order valence-electron chi connectivity index (χ2n) is 3.23. The predicted octanol–water partition coefficient (Wildman–Crippen LogP) is -3.64. The Morgan fingerprint density at radius 1 is 1.08 bits per heavy atom. The van der Waals surface area contributed by atoms with E-state index in [1.807, 2.05) is 14.1 Å². The summed E-state index contributed by atoms with van der Waals surface area (Å²) in [7, 11) is 5.95. The number of hydrogen-bond donors (Lipinski definition) is 1. The van der Waals surface area contributed by atoms with Gasteiger partial charge in [-0.25, -0.2) is 4.59 Å². The first-order valence-electron chi connectivity index (χ1n) is 3.66. The third-order valence-electron chi connectivity index (χ3n) is 1.53. The third kappa shape index (κ3) is 5.58. The molecule has 0 aliphatic carbocycles. The van der Waals surface area contributed by atoms with Gasteiger partial charge in [0.2, 0.25) is 0 Å². The van der Waals surface area contributed by atoms with Crippen molar-refractivity contribution in [3.8, 4) is 0 Å². The van der Waals surface area contributed by atoms with Crippen LogP contribution in [0.25, 0.3) is 0 Å². The Morgan fingerprint density at radius 3 is 1.46 bits per heavy atom. The normalized spacial score (nSPS) is 12.5. The SMILES string of the molecule is CO[Si](C[N+](C)(C)N)(OC)OC.[Cl-]. The summed E-state index contributed by atoms with van der Waals surface area (Å²) in [5.41, 5.74) is 0. The Morgan fingerprint density at radius 2 is 1.38 bits per heavy atom. The first-order chi connectivity index (χ1) is 5.39. The highest BCUT2D eigenvalue weighted by atomic mass is 35.5. The van der Waals surface area contributed by atoms with Crippen molar-refractivity contribution in [3.63, 3.8) is 0 Å². The van der Waals surface area contributed by atoms with Gasteiger partial charge in [0.05, 0.1) is 14.1 Å². The van der Waals surface area contributed by atoms with E-state index in [2.05, 4.69) is 0 Å². The molecule has 0 bridgehead atoms. The zero-order valence-corrected chi connectivity index (χ0v) is 10.6. The molecule has 0 amide bonds. The smallest absolute Gasteiger partial charge is 0.560 e. The maximum absolute atomic E-state index is 5.78. The van der Waals surface area contributed by atoms with E-state index in [9.17, 15) is 0 Å². The third-order valence-corrected chi connectivity index (χ3v) is 4.60. The predicted molar refractivity (Wildman–Crippen MR) is 47.9 cm³/mol. The molecule has 0 aromatic carbocycles. The van der Waals surface area contributed by atoms with Crippen molar-refractivity contribution in [2.45, 2.75) is 0 Å². The maximum atomic E-state index is 5.78. The molecule has 0 aromatic heterocycles. The number of nitrogens with zero attached hydrogens (tertiary/aromatic N) is 1. The van der Waals surface area contributed by atoms with Crippen molar-refractivity contribution in [1.29, 1.82) is 0 Å². The summed E-state index contributed by atoms with van der Waals surface area (Å²) in [5.74, 6) is 5.78. The highest BCUT2D eigenvalue weighted by Crippen LogP contribution is 2.08. The van der Waals surface area contributed by atoms with Crippen LogP contribution in [-0.2, 0) is 13.3 Å². The van der Waals surface area contributed by atoms with Gasteiger partial charge in [0.1, 0.15) is 0 Å². The number of halogens is 1. The summed E-state index contributed by atoms with van der Waals surface area (Å²) in [6.45, 7) is 0. The van der Waals surface area contributed by atoms with Crippen LogP contribution in [0.1, 0.15) is 0 Å². The lowest BCUT2D eigenvalue weighted by Gasteiger charge is -2.31. The van der Waals surface area contributed by atoms with Gasteiger partial charge in [0, 0.05) is 21.3 Å². The average Bonchev–Trinajstić information content (AvgIpc) is 1.99. The standard InChI is InChI=1S/C6H19N2O3Si.ClH/c1-8(2,7)6-12(9-3,10-4)11-5;/h6-7H2,1-5H3;1H/q+1;/p-1. The van der Waals surface area contributed by atoms with Crippen molar-refractivity contribution in [2.75, 3.05) is 41.6 Å². The van der Waals surface area contributed by atoms with E-state index in [0.717, 1.165) is 0 Å². The zero-order valence-electron chi connectivity index (χ0n) is 8.83. The molecule has 0 saturated carbocycles. The fraction of sp³-hybridized carbons (Fsp3) is 1.00. The first-order valence-corrected chi connectivity index (χ1v) is 5.59. The molecule has 0 heterocycles. The van der Waals surface area contributed by atoms with E-state index in [4.69, 9.17) is 19.1 Å². The van der Waals surface area contributed by atoms with Crippen molar-refractivity contribution in [1.82, 2.24) is 0 Å². The summed E-state index contributed by atoms with van der Waals surface area (Å²) >= 11 is 0. The lowest BCUT2D eigenvalue weighted by molar-refractivity contribution is -0.894. The molecule has 2 N–H and O–H groups in total. The molecule has 0 atom stereocenters. The van der Waals surface area contributed by atoms with Gasteiger partial charge in [0.15, 0.2) is 6.17 Å². The second-order valence-corrected chi connectivity index (χ2v) is 6.14. The van der Waals surface area contributed by atoms with Crippen LogP contribution in [0.5, 0.6) is 0 Å². The lowest BCUT2D eigenvalue weighted by atomic mass is 10.9. The zero-order chi connectivity index (χ0) is 9.83. The van der Waals surface area contributed by atoms with Gasteiger partial charge in [-0.1, -0.05) is 0 Å². The molecular weight excluding hydrogens is 212 g/mol. The molecule has 7 heteroatoms. The molecule has 0 rings (SSSR count). The number of nitrogens with two attached hydrogens (primary N) is 1. The second kappa shape index (κ2) is 5.92. The highest BCUT2D eigenvalue weighted by molar-refractivity contribution is 6.60. The Kier molecular flexibility index (Phi) is 7.18. The van der Waals surface area contributed by atoms with Crippen LogP contribution in [0, 0.1) is 0 Å². The molecule has 0 aliphatic rings. The molecule has 5 nitrogen and oxygen atoms in total. The van der Waals surface area contributed by atoms with Crippen LogP contribution >= 0.6 is 0 Å². The molecule has 82 valence electrons. The first kappa shape index (κ1) is 15.8. The monoisotopic (exact) mass is 230 g/mol. The quantitative estimate of drug-likeness (QED) is 0.229. The van der Waals surface area contributed by atoms with Gasteiger partial charge in [-0.3, -0.25) is 0 Å². The van der Waals surface area contributed by atoms with Crippen molar-refractivity contribution in [3.05, 3.63) is 0 Å². The van der Waals surface area contributed by atoms with Gasteiger partial charge in [-0.15, -0.1) is 0 Å². The van der Waals surface area contributed by atoms with Crippen LogP contribution in [0.15, 0.2) is 0 Å². The lowest BCUT2D eigenvalue weighted by Crippen LogP contribution is -3.00. The van der Waals surface area contributed by atoms with Crippen molar-refractivity contribution >= 4 is 8.80 Å². The van der Waals surface area contributed by atoms with Gasteiger partial charge in [0.25, 0.3) is 0 Å². The topological polar surface area (TPSA) is 53.7 Å². The fourth-order valence-electron chi connectivity index (χ4n) is 0.943. The van der Waals surface area contributed by atoms with Crippen LogP contribution in [0.3, 0.4) is 0 Å².